The van der Waals surface area contributed by atoms with Crippen molar-refractivity contribution in [3.63, 3.8) is 0 Å². The Morgan fingerprint density at radius 1 is 0.700 bits per heavy atom. The van der Waals surface area contributed by atoms with Gasteiger partial charge in [0.15, 0.2) is 0 Å². The number of hydrogen-bond acceptors (Lipinski definition) is 10. The van der Waals surface area contributed by atoms with Crippen molar-refractivity contribution in [2.24, 2.45) is 17.0 Å². The van der Waals surface area contributed by atoms with Crippen molar-refractivity contribution in [1.82, 2.24) is 31.6 Å². The number of hydrogen-bond donors (Lipinski definition) is 9. The first-order chi connectivity index (χ1) is 28.5. The lowest BCUT2D eigenvalue weighted by Crippen LogP contribution is -2.61. The quantitative estimate of drug-likeness (QED) is 0.0437. The molecule has 0 saturated carbocycles. The van der Waals surface area contributed by atoms with Gasteiger partial charge in [-0.2, -0.15) is 0 Å². The Hall–Kier alpha value is -6.79. The van der Waals surface area contributed by atoms with E-state index in [4.69, 9.17) is 4.84 Å². The fourth-order valence-electron chi connectivity index (χ4n) is 6.06. The zero-order valence-corrected chi connectivity index (χ0v) is 33.8. The van der Waals surface area contributed by atoms with Gasteiger partial charge in [-0.3, -0.25) is 33.6 Å². The summed E-state index contributed by atoms with van der Waals surface area (Å²) in [6.07, 6.45) is 1.02. The Labute approximate surface area is 346 Å². The number of carbonyl (C=O) groups excluding carboxylic acids is 5. The highest BCUT2D eigenvalue weighted by molar-refractivity contribution is 6.26. The third kappa shape index (κ3) is 14.9. The molecule has 0 aliphatic carbocycles. The van der Waals surface area contributed by atoms with Crippen LogP contribution in [0.2, 0.25) is 0 Å². The van der Waals surface area contributed by atoms with Gasteiger partial charge in [-0.05, 0) is 35.4 Å². The predicted molar refractivity (Wildman–Crippen MR) is 217 cm³/mol. The molecular weight excluding hydrogens is 782 g/mol. The van der Waals surface area contributed by atoms with Crippen LogP contribution in [0.15, 0.2) is 65.9 Å². The minimum absolute atomic E-state index is 0.0262. The molecule has 0 fully saturated rings. The maximum atomic E-state index is 13.9. The number of H-pyrrole nitrogens is 1. The van der Waals surface area contributed by atoms with Gasteiger partial charge >= 0.3 is 17.9 Å². The highest BCUT2D eigenvalue weighted by Crippen LogP contribution is 2.20. The molecule has 2 aromatic carbocycles. The van der Waals surface area contributed by atoms with E-state index in [1.807, 2.05) is 18.2 Å². The van der Waals surface area contributed by atoms with E-state index in [1.54, 1.807) is 70.3 Å². The van der Waals surface area contributed by atoms with E-state index in [9.17, 15) is 53.7 Å². The van der Waals surface area contributed by atoms with E-state index >= 15 is 0 Å². The van der Waals surface area contributed by atoms with Crippen LogP contribution in [0.25, 0.3) is 10.9 Å². The molecule has 0 aliphatic rings. The smallest absolute Gasteiger partial charge is 0.326 e. The van der Waals surface area contributed by atoms with E-state index in [1.165, 1.54) is 0 Å². The van der Waals surface area contributed by atoms with Crippen LogP contribution in [0.4, 0.5) is 0 Å². The van der Waals surface area contributed by atoms with Crippen molar-refractivity contribution in [3.8, 4) is 0 Å². The van der Waals surface area contributed by atoms with Crippen LogP contribution in [0, 0.1) is 11.8 Å². The predicted octanol–water partition coefficient (Wildman–Crippen LogP) is 1.85. The fraction of sp³-hybridized carbons (Fsp3) is 0.439. The molecule has 3 aromatic rings. The molecule has 324 valence electrons. The Morgan fingerprint density at radius 2 is 1.27 bits per heavy atom. The normalized spacial score (nSPS) is 14.7. The molecule has 1 aromatic heterocycles. The summed E-state index contributed by atoms with van der Waals surface area (Å²) in [5, 5.41) is 45.5. The number of nitrogens with zero attached hydrogens (tertiary/aromatic N) is 1. The van der Waals surface area contributed by atoms with Crippen LogP contribution >= 0.6 is 0 Å². The van der Waals surface area contributed by atoms with Crippen molar-refractivity contribution < 1.29 is 58.5 Å². The topological polar surface area (TPSA) is 295 Å². The molecule has 9 N–H and O–H groups in total. The minimum Gasteiger partial charge on any atom is -0.481 e. The number of aromatic nitrogens is 1. The zero-order chi connectivity index (χ0) is 44.4. The first kappa shape index (κ1) is 47.6. The Bertz CT molecular complexity index is 2000. The summed E-state index contributed by atoms with van der Waals surface area (Å²) in [5.74, 6) is -9.98. The molecule has 19 nitrogen and oxygen atoms in total. The number of nitrogens with one attached hydrogen (secondary N) is 6. The number of carboxylic acid groups (broad SMARTS) is 3. The number of para-hydroxylation sites is 1. The van der Waals surface area contributed by atoms with Crippen LogP contribution in [0.3, 0.4) is 0 Å². The summed E-state index contributed by atoms with van der Waals surface area (Å²) < 4.78 is 0. The maximum Gasteiger partial charge on any atom is 0.326 e. The van der Waals surface area contributed by atoms with E-state index in [2.05, 4.69) is 36.7 Å². The second kappa shape index (κ2) is 23.6. The van der Waals surface area contributed by atoms with Gasteiger partial charge in [0.25, 0.3) is 5.91 Å². The first-order valence-corrected chi connectivity index (χ1v) is 19.5. The average molecular weight is 836 g/mol. The van der Waals surface area contributed by atoms with Crippen molar-refractivity contribution >= 4 is 64.6 Å². The van der Waals surface area contributed by atoms with Gasteiger partial charge in [0.1, 0.15) is 43.0 Å². The molecule has 1 heterocycles. The number of benzene rings is 2. The molecule has 7 atom stereocenters. The van der Waals surface area contributed by atoms with E-state index in [0.717, 1.165) is 22.7 Å². The zero-order valence-electron chi connectivity index (χ0n) is 33.8. The van der Waals surface area contributed by atoms with E-state index < -0.39 is 109 Å². The standard InChI is InChI=1S/C41H53N7O12/c1-5-23(3)35(39(56)46-31(41(58)59)18-26-20-42-28-15-11-10-14-27(26)28)48-40(57)36(24(4)6-2)47-38(55)30(19-34(52)53)45-37(54)29(16-17-33(50)51)44-32(49)21-43-60-22-25-12-8-7-9-13-25/h7-15,20-21,23-24,29-31,35-36,42H,5-6,16-19,22H2,1-4H3,(H,44,49)(H,45,54)(H,46,56)(H,47,55)(H,48,57)(H,50,51)(H,52,53)(H,58,59)/b43-21+/t23-,24-,29-,30-,31-,35-,36-/m0/s1. The second-order valence-electron chi connectivity index (χ2n) is 14.4. The number of aromatic amines is 1. The number of carboxylic acids is 3. The van der Waals surface area contributed by atoms with Crippen molar-refractivity contribution in [2.75, 3.05) is 0 Å². The lowest BCUT2D eigenvalue weighted by atomic mass is 9.94. The monoisotopic (exact) mass is 835 g/mol. The summed E-state index contributed by atoms with van der Waals surface area (Å²) >= 11 is 0. The van der Waals surface area contributed by atoms with Crippen LogP contribution in [0.1, 0.15) is 70.9 Å². The molecule has 3 rings (SSSR count). The molecular formula is C41H53N7O12. The molecule has 19 heteroatoms. The average Bonchev–Trinajstić information content (AvgIpc) is 3.63. The Morgan fingerprint density at radius 3 is 1.87 bits per heavy atom. The number of rotatable bonds is 25. The molecule has 0 aliphatic heterocycles. The van der Waals surface area contributed by atoms with Gasteiger partial charge < -0.3 is 51.7 Å². The molecule has 60 heavy (non-hydrogen) atoms. The van der Waals surface area contributed by atoms with Crippen LogP contribution in [0.5, 0.6) is 0 Å². The number of amides is 5. The second-order valence-corrected chi connectivity index (χ2v) is 14.4. The van der Waals surface area contributed by atoms with Gasteiger partial charge in [0.2, 0.25) is 23.6 Å². The van der Waals surface area contributed by atoms with Crippen molar-refractivity contribution in [3.05, 3.63) is 71.9 Å². The molecule has 5 amide bonds. The highest BCUT2D eigenvalue weighted by atomic mass is 16.6. The highest BCUT2D eigenvalue weighted by Gasteiger charge is 2.36. The number of carbonyl (C=O) groups is 8. The SMILES string of the molecule is CC[C@H](C)[C@H](NC(=O)[C@H](CC(=O)O)NC(=O)[C@H](CCC(=O)O)NC(=O)/C=N/OCc1ccccc1)C(=O)N[C@H](C(=O)N[C@@H](Cc1c[nH]c2ccccc12)C(=O)O)[C@@H](C)CC. The van der Waals surface area contributed by atoms with E-state index in [0.29, 0.717) is 18.4 Å². The first-order valence-electron chi connectivity index (χ1n) is 19.5. The van der Waals surface area contributed by atoms with Crippen LogP contribution in [-0.4, -0.2) is 104 Å². The molecule has 0 unspecified atom stereocenters. The maximum absolute atomic E-state index is 13.9. The fourth-order valence-corrected chi connectivity index (χ4v) is 6.06. The number of fused-ring (bicyclic) bond motifs is 1. The molecule has 0 bridgehead atoms. The lowest BCUT2D eigenvalue weighted by Gasteiger charge is -2.30. The third-order valence-electron chi connectivity index (χ3n) is 9.91. The molecule has 0 saturated heterocycles. The summed E-state index contributed by atoms with van der Waals surface area (Å²) in [4.78, 5) is 111. The molecule has 0 radical (unpaired) electrons. The van der Waals surface area contributed by atoms with Crippen molar-refractivity contribution in [2.45, 2.75) is 103 Å². The van der Waals surface area contributed by atoms with Gasteiger partial charge in [-0.15, -0.1) is 0 Å². The summed E-state index contributed by atoms with van der Waals surface area (Å²) in [6.45, 7) is 6.82. The Balaban J connectivity index is 1.76. The van der Waals surface area contributed by atoms with Crippen LogP contribution in [-0.2, 0) is 56.2 Å². The van der Waals surface area contributed by atoms with Gasteiger partial charge in [-0.1, -0.05) is 94.2 Å². The third-order valence-corrected chi connectivity index (χ3v) is 9.91. The lowest BCUT2D eigenvalue weighted by molar-refractivity contribution is -0.142. The Kier molecular flexibility index (Phi) is 18.7. The summed E-state index contributed by atoms with van der Waals surface area (Å²) in [6, 6.07) is 8.78. The summed E-state index contributed by atoms with van der Waals surface area (Å²) in [7, 11) is 0. The minimum atomic E-state index is -1.81. The number of oxime groups is 1. The summed E-state index contributed by atoms with van der Waals surface area (Å²) in [5.41, 5.74) is 2.19. The van der Waals surface area contributed by atoms with Crippen LogP contribution < -0.4 is 26.6 Å². The van der Waals surface area contributed by atoms with Gasteiger partial charge in [-0.25, -0.2) is 4.79 Å². The molecule has 0 spiro atoms. The van der Waals surface area contributed by atoms with E-state index in [-0.39, 0.29) is 13.0 Å². The number of aliphatic carboxylic acids is 3. The van der Waals surface area contributed by atoms with Crippen molar-refractivity contribution in [1.29, 1.82) is 0 Å². The largest absolute Gasteiger partial charge is 0.481 e. The van der Waals surface area contributed by atoms with Gasteiger partial charge in [0.05, 0.1) is 6.42 Å². The van der Waals surface area contributed by atoms with Gasteiger partial charge in [0, 0.05) is 29.9 Å².